The van der Waals surface area contributed by atoms with Gasteiger partial charge in [-0.05, 0) is 24.1 Å². The summed E-state index contributed by atoms with van der Waals surface area (Å²) in [4.78, 5) is 37.3. The quantitative estimate of drug-likeness (QED) is 0.561. The first-order chi connectivity index (χ1) is 16.0. The lowest BCUT2D eigenvalue weighted by Gasteiger charge is -2.34. The van der Waals surface area contributed by atoms with E-state index in [1.807, 2.05) is 6.07 Å². The van der Waals surface area contributed by atoms with Crippen LogP contribution in [0, 0.1) is 0 Å². The maximum Gasteiger partial charge on any atom is 0.328 e. The summed E-state index contributed by atoms with van der Waals surface area (Å²) in [6.45, 7) is 5.90. The molecular formula is C23H28N6O4. The Labute approximate surface area is 192 Å². The summed E-state index contributed by atoms with van der Waals surface area (Å²) in [6, 6.07) is 10.4. The average Bonchev–Trinajstić information content (AvgIpc) is 2.84. The van der Waals surface area contributed by atoms with E-state index in [0.29, 0.717) is 12.2 Å². The van der Waals surface area contributed by atoms with Gasteiger partial charge in [0.15, 0.2) is 0 Å². The molecule has 174 valence electrons. The molecular weight excluding hydrogens is 424 g/mol. The number of para-hydroxylation sites is 1. The van der Waals surface area contributed by atoms with Gasteiger partial charge in [-0.2, -0.15) is 0 Å². The molecule has 2 aliphatic heterocycles. The molecule has 1 aromatic heterocycles. The molecule has 0 radical (unpaired) electrons. The van der Waals surface area contributed by atoms with Crippen molar-refractivity contribution in [2.45, 2.75) is 12.8 Å². The number of nitrogens with zero attached hydrogens (tertiary/aromatic N) is 5. The van der Waals surface area contributed by atoms with E-state index in [-0.39, 0.29) is 0 Å². The van der Waals surface area contributed by atoms with Gasteiger partial charge in [-0.1, -0.05) is 18.2 Å². The Bertz CT molecular complexity index is 971. The zero-order valence-electron chi connectivity index (χ0n) is 18.3. The highest BCUT2D eigenvalue weighted by atomic mass is 16.4. The lowest BCUT2D eigenvalue weighted by molar-refractivity contribution is -0.134. The van der Waals surface area contributed by atoms with Crippen molar-refractivity contribution in [3.8, 4) is 0 Å². The van der Waals surface area contributed by atoms with Crippen LogP contribution in [0.25, 0.3) is 0 Å². The highest BCUT2D eigenvalue weighted by molar-refractivity contribution is 5.98. The summed E-state index contributed by atoms with van der Waals surface area (Å²) in [6.07, 6.45) is 6.82. The number of carbonyl (C=O) groups is 2. The second kappa shape index (κ2) is 12.3. The molecule has 3 N–H and O–H groups in total. The van der Waals surface area contributed by atoms with E-state index < -0.39 is 11.9 Å². The molecule has 33 heavy (non-hydrogen) atoms. The summed E-state index contributed by atoms with van der Waals surface area (Å²) >= 11 is 0. The van der Waals surface area contributed by atoms with Gasteiger partial charge in [0.1, 0.15) is 5.84 Å². The number of piperazine rings is 1. The Kier molecular flexibility index (Phi) is 8.89. The van der Waals surface area contributed by atoms with Crippen LogP contribution < -0.4 is 10.2 Å². The Hall–Kier alpha value is -3.79. The van der Waals surface area contributed by atoms with Crippen LogP contribution >= 0.6 is 0 Å². The van der Waals surface area contributed by atoms with Crippen LogP contribution in [0.3, 0.4) is 0 Å². The monoisotopic (exact) mass is 452 g/mol. The smallest absolute Gasteiger partial charge is 0.328 e. The van der Waals surface area contributed by atoms with Crippen LogP contribution in [0.5, 0.6) is 0 Å². The number of benzene rings is 1. The maximum absolute atomic E-state index is 9.55. The van der Waals surface area contributed by atoms with Gasteiger partial charge in [0.2, 0.25) is 5.95 Å². The van der Waals surface area contributed by atoms with Gasteiger partial charge < -0.3 is 20.4 Å². The van der Waals surface area contributed by atoms with Crippen LogP contribution in [0.1, 0.15) is 12.0 Å². The van der Waals surface area contributed by atoms with Crippen molar-refractivity contribution in [3.63, 3.8) is 0 Å². The van der Waals surface area contributed by atoms with Gasteiger partial charge in [0.05, 0.1) is 6.54 Å². The average molecular weight is 453 g/mol. The number of aromatic nitrogens is 2. The first-order valence-corrected chi connectivity index (χ1v) is 10.8. The van der Waals surface area contributed by atoms with Crippen molar-refractivity contribution < 1.29 is 19.8 Å². The predicted octanol–water partition coefficient (Wildman–Crippen LogP) is 1.77. The highest BCUT2D eigenvalue weighted by Crippen LogP contribution is 2.21. The Morgan fingerprint density at radius 3 is 2.30 bits per heavy atom. The maximum atomic E-state index is 9.55. The van der Waals surface area contributed by atoms with E-state index >= 15 is 0 Å². The normalized spacial score (nSPS) is 17.1. The minimum Gasteiger partial charge on any atom is -0.478 e. The summed E-state index contributed by atoms with van der Waals surface area (Å²) in [7, 11) is 0. The Balaban J connectivity index is 0.000000331. The van der Waals surface area contributed by atoms with Gasteiger partial charge in [-0.15, -0.1) is 0 Å². The first-order valence-electron chi connectivity index (χ1n) is 10.8. The highest BCUT2D eigenvalue weighted by Gasteiger charge is 2.18. The second-order valence-electron chi connectivity index (χ2n) is 7.50. The van der Waals surface area contributed by atoms with E-state index in [2.05, 4.69) is 49.4 Å². The molecule has 1 saturated heterocycles. The minimum atomic E-state index is -1.26. The zero-order valence-corrected chi connectivity index (χ0v) is 18.3. The van der Waals surface area contributed by atoms with Gasteiger partial charge >= 0.3 is 11.9 Å². The van der Waals surface area contributed by atoms with Crippen molar-refractivity contribution in [3.05, 3.63) is 60.4 Å². The number of amidine groups is 1. The number of hydrogen-bond donors (Lipinski definition) is 3. The molecule has 0 unspecified atom stereocenters. The van der Waals surface area contributed by atoms with Crippen molar-refractivity contribution >= 4 is 29.4 Å². The molecule has 0 saturated carbocycles. The second-order valence-corrected chi connectivity index (χ2v) is 7.50. The van der Waals surface area contributed by atoms with Crippen LogP contribution in [-0.4, -0.2) is 82.1 Å². The van der Waals surface area contributed by atoms with Gasteiger partial charge in [0, 0.05) is 69.4 Å². The molecule has 1 aromatic carbocycles. The van der Waals surface area contributed by atoms with E-state index in [4.69, 9.17) is 15.2 Å². The molecule has 1 fully saturated rings. The number of nitrogens with one attached hydrogen (secondary N) is 1. The number of fused-ring (bicyclic) bond motifs is 1. The molecule has 0 aliphatic carbocycles. The number of anilines is 2. The van der Waals surface area contributed by atoms with Gasteiger partial charge in [-0.3, -0.25) is 9.89 Å². The molecule has 2 aromatic rings. The van der Waals surface area contributed by atoms with Gasteiger partial charge in [-0.25, -0.2) is 19.6 Å². The number of aliphatic imine (C=N–C) groups is 1. The van der Waals surface area contributed by atoms with Crippen LogP contribution in [0.4, 0.5) is 11.6 Å². The summed E-state index contributed by atoms with van der Waals surface area (Å²) in [5.41, 5.74) is 2.60. The fraction of sp³-hybridized carbons (Fsp3) is 0.348. The Morgan fingerprint density at radius 1 is 0.970 bits per heavy atom. The zero-order chi connectivity index (χ0) is 23.5. The first kappa shape index (κ1) is 23.9. The van der Waals surface area contributed by atoms with Crippen molar-refractivity contribution in [2.75, 3.05) is 49.5 Å². The molecule has 0 amide bonds. The Morgan fingerprint density at radius 2 is 1.64 bits per heavy atom. The third kappa shape index (κ3) is 8.00. The number of carboxylic acids is 2. The molecule has 10 heteroatoms. The topological polar surface area (TPSA) is 131 Å². The van der Waals surface area contributed by atoms with Crippen LogP contribution in [0.15, 0.2) is 59.9 Å². The number of rotatable bonds is 6. The molecule has 0 spiro atoms. The molecule has 4 rings (SSSR count). The molecule has 3 heterocycles. The number of aliphatic carboxylic acids is 2. The third-order valence-electron chi connectivity index (χ3n) is 5.22. The van der Waals surface area contributed by atoms with E-state index in [1.54, 1.807) is 12.4 Å². The van der Waals surface area contributed by atoms with E-state index in [9.17, 15) is 9.59 Å². The number of hydrogen-bond acceptors (Lipinski definition) is 7. The summed E-state index contributed by atoms with van der Waals surface area (Å²) in [5, 5.41) is 19.1. The molecule has 0 bridgehead atoms. The van der Waals surface area contributed by atoms with Gasteiger partial charge in [0.25, 0.3) is 0 Å². The van der Waals surface area contributed by atoms with E-state index in [0.717, 1.165) is 63.9 Å². The standard InChI is InChI=1S/C19H24N6.C4H4O4/c1-2-5-17-16(4-1)6-7-18(23-17)20-10-11-24-12-14-25(15-13-24)19-21-8-3-9-22-19;5-3(6)1-2-4(7)8/h1-5,8-9H,6-7,10-15H2,(H,20,23);1-2H,(H,5,6)(H,7,8)/b;2-1+. The number of carboxylic acid groups (broad SMARTS) is 2. The lowest BCUT2D eigenvalue weighted by Crippen LogP contribution is -2.47. The van der Waals surface area contributed by atoms with E-state index in [1.165, 1.54) is 11.3 Å². The molecule has 2 aliphatic rings. The molecule has 10 nitrogen and oxygen atoms in total. The minimum absolute atomic E-state index is 0.558. The summed E-state index contributed by atoms with van der Waals surface area (Å²) in [5.74, 6) is -0.553. The van der Waals surface area contributed by atoms with Crippen LogP contribution in [-0.2, 0) is 16.0 Å². The van der Waals surface area contributed by atoms with Crippen LogP contribution in [0.2, 0.25) is 0 Å². The lowest BCUT2D eigenvalue weighted by atomic mass is 10.0. The predicted molar refractivity (Wildman–Crippen MR) is 126 cm³/mol. The fourth-order valence-corrected chi connectivity index (χ4v) is 3.54. The number of aryl methyl sites for hydroxylation is 1. The van der Waals surface area contributed by atoms with Crippen molar-refractivity contribution in [2.24, 2.45) is 4.99 Å². The summed E-state index contributed by atoms with van der Waals surface area (Å²) < 4.78 is 0. The molecule has 0 atom stereocenters. The third-order valence-corrected chi connectivity index (χ3v) is 5.22. The van der Waals surface area contributed by atoms with Crippen molar-refractivity contribution in [1.82, 2.24) is 14.9 Å². The largest absolute Gasteiger partial charge is 0.478 e. The van der Waals surface area contributed by atoms with Crippen molar-refractivity contribution in [1.29, 1.82) is 0 Å². The fourth-order valence-electron chi connectivity index (χ4n) is 3.54. The SMILES string of the molecule is O=C(O)/C=C/C(=O)O.c1cnc(N2CCN(CCN=C3CCc4ccccc4N3)CC2)nc1.